The number of hydrogen-bond donors (Lipinski definition) is 2. The largest absolute Gasteiger partial charge is 0.389 e. The summed E-state index contributed by atoms with van der Waals surface area (Å²) >= 11 is 0. The van der Waals surface area contributed by atoms with Crippen LogP contribution in [-0.2, 0) is 16.0 Å². The summed E-state index contributed by atoms with van der Waals surface area (Å²) in [5.41, 5.74) is 1.13. The average Bonchev–Trinajstić information content (AvgIpc) is 2.68. The highest BCUT2D eigenvalue weighted by molar-refractivity contribution is 5.14. The Kier molecular flexibility index (Phi) is 7.62. The molecule has 132 valence electrons. The van der Waals surface area contributed by atoms with E-state index in [1.807, 2.05) is 35.2 Å². The normalized spacial score (nSPS) is 28.2. The monoisotopic (exact) mass is 333 g/mol. The molecular weight excluding hydrogens is 306 g/mol. The lowest BCUT2D eigenvalue weighted by Crippen LogP contribution is -2.47. The van der Waals surface area contributed by atoms with Gasteiger partial charge in [-0.25, -0.2) is 0 Å². The van der Waals surface area contributed by atoms with Crippen LogP contribution in [-0.4, -0.2) is 65.8 Å². The van der Waals surface area contributed by atoms with Gasteiger partial charge < -0.3 is 19.7 Å². The number of likely N-dealkylation sites (tertiary alicyclic amines) is 1. The predicted octanol–water partition coefficient (Wildman–Crippen LogP) is 1.37. The van der Waals surface area contributed by atoms with Gasteiger partial charge in [-0.1, -0.05) is 42.5 Å². The van der Waals surface area contributed by atoms with Gasteiger partial charge in [0.15, 0.2) is 0 Å². The van der Waals surface area contributed by atoms with Crippen molar-refractivity contribution in [1.82, 2.24) is 4.90 Å². The number of hydrogen-bond acceptors (Lipinski definition) is 5. The van der Waals surface area contributed by atoms with Crippen molar-refractivity contribution >= 4 is 0 Å². The van der Waals surface area contributed by atoms with Crippen LogP contribution in [0, 0.1) is 0 Å². The van der Waals surface area contributed by atoms with Crippen molar-refractivity contribution in [3.8, 4) is 0 Å². The fourth-order valence-corrected chi connectivity index (χ4v) is 2.99. The Labute approximate surface area is 143 Å². The molecule has 1 fully saturated rings. The van der Waals surface area contributed by atoms with Crippen molar-refractivity contribution in [3.63, 3.8) is 0 Å². The summed E-state index contributed by atoms with van der Waals surface area (Å²) in [4.78, 5) is 2.02. The van der Waals surface area contributed by atoms with Crippen molar-refractivity contribution in [1.29, 1.82) is 0 Å². The van der Waals surface area contributed by atoms with Crippen LogP contribution in [0.15, 0.2) is 55.6 Å². The third-order valence-corrected chi connectivity index (χ3v) is 4.03. The highest BCUT2D eigenvalue weighted by Crippen LogP contribution is 2.21. The van der Waals surface area contributed by atoms with Gasteiger partial charge in [0.2, 0.25) is 0 Å². The molecule has 0 spiro atoms. The number of aliphatic hydroxyl groups excluding tert-OH is 2. The molecular formula is C19H27NO4. The molecule has 2 N–H and O–H groups in total. The number of rotatable bonds is 8. The third kappa shape index (κ3) is 5.26. The second-order valence-electron chi connectivity index (χ2n) is 5.99. The lowest BCUT2D eigenvalue weighted by molar-refractivity contribution is -0.136. The highest BCUT2D eigenvalue weighted by Gasteiger charge is 2.39. The maximum absolute atomic E-state index is 10.6. The van der Waals surface area contributed by atoms with Crippen molar-refractivity contribution in [2.24, 2.45) is 0 Å². The minimum Gasteiger partial charge on any atom is -0.389 e. The molecule has 5 nitrogen and oxygen atoms in total. The molecule has 1 aromatic carbocycles. The summed E-state index contributed by atoms with van der Waals surface area (Å²) in [5.74, 6) is 0. The van der Waals surface area contributed by atoms with Gasteiger partial charge in [-0.2, -0.15) is 0 Å². The maximum atomic E-state index is 10.6. The predicted molar refractivity (Wildman–Crippen MR) is 93.6 cm³/mol. The van der Waals surface area contributed by atoms with E-state index < -0.39 is 24.4 Å². The summed E-state index contributed by atoms with van der Waals surface area (Å²) < 4.78 is 11.4. The molecule has 1 heterocycles. The van der Waals surface area contributed by atoms with Gasteiger partial charge in [-0.05, 0) is 5.56 Å². The molecule has 2 rings (SSSR count). The standard InChI is InChI=1S/C19H27NO4/c1-3-10-23-18-16(21)13-20(12-15-8-6-5-7-9-15)14-17(22)19(18)24-11-4-2/h3-9,16-19,21-22H,1-2,10-14H2/t16-,17-,18-,19-/m1/s1. The van der Waals surface area contributed by atoms with Gasteiger partial charge in [0, 0.05) is 19.6 Å². The Balaban J connectivity index is 2.11. The van der Waals surface area contributed by atoms with Gasteiger partial charge in [0.25, 0.3) is 0 Å². The molecule has 0 aliphatic carbocycles. The zero-order chi connectivity index (χ0) is 17.4. The molecule has 0 saturated carbocycles. The van der Waals surface area contributed by atoms with Crippen LogP contribution >= 0.6 is 0 Å². The van der Waals surface area contributed by atoms with E-state index in [4.69, 9.17) is 9.47 Å². The van der Waals surface area contributed by atoms with Crippen molar-refractivity contribution in [3.05, 3.63) is 61.2 Å². The van der Waals surface area contributed by atoms with Crippen LogP contribution in [0.2, 0.25) is 0 Å². The Morgan fingerprint density at radius 2 is 1.46 bits per heavy atom. The van der Waals surface area contributed by atoms with E-state index in [-0.39, 0.29) is 0 Å². The first-order valence-electron chi connectivity index (χ1n) is 8.23. The molecule has 1 aliphatic heterocycles. The Morgan fingerprint density at radius 1 is 0.958 bits per heavy atom. The molecule has 1 aliphatic rings. The molecule has 0 radical (unpaired) electrons. The first-order valence-corrected chi connectivity index (χ1v) is 8.23. The zero-order valence-electron chi connectivity index (χ0n) is 14.0. The first kappa shape index (κ1) is 18.8. The maximum Gasteiger partial charge on any atom is 0.114 e. The molecule has 1 saturated heterocycles. The van der Waals surface area contributed by atoms with E-state index in [0.29, 0.717) is 32.8 Å². The van der Waals surface area contributed by atoms with Gasteiger partial charge >= 0.3 is 0 Å². The zero-order valence-corrected chi connectivity index (χ0v) is 14.0. The molecule has 24 heavy (non-hydrogen) atoms. The highest BCUT2D eigenvalue weighted by atomic mass is 16.6. The number of nitrogens with zero attached hydrogens (tertiary/aromatic N) is 1. The average molecular weight is 333 g/mol. The van der Waals surface area contributed by atoms with E-state index >= 15 is 0 Å². The third-order valence-electron chi connectivity index (χ3n) is 4.03. The lowest BCUT2D eigenvalue weighted by atomic mass is 10.0. The van der Waals surface area contributed by atoms with Crippen molar-refractivity contribution in [2.75, 3.05) is 26.3 Å². The van der Waals surface area contributed by atoms with Gasteiger partial charge in [-0.3, -0.25) is 4.90 Å². The van der Waals surface area contributed by atoms with Crippen LogP contribution in [0.3, 0.4) is 0 Å². The molecule has 4 atom stereocenters. The Morgan fingerprint density at radius 3 is 1.92 bits per heavy atom. The fraction of sp³-hybridized carbons (Fsp3) is 0.474. The summed E-state index contributed by atoms with van der Waals surface area (Å²) in [6.45, 7) is 9.31. The van der Waals surface area contributed by atoms with Gasteiger partial charge in [-0.15, -0.1) is 13.2 Å². The SMILES string of the molecule is C=CCO[C@H]1[C@H](OCC=C)[C@H](O)CN(Cc2ccccc2)C[C@H]1O. The van der Waals surface area contributed by atoms with Crippen LogP contribution in [0.1, 0.15) is 5.56 Å². The second-order valence-corrected chi connectivity index (χ2v) is 5.99. The molecule has 0 unspecified atom stereocenters. The summed E-state index contributed by atoms with van der Waals surface area (Å²) in [6.07, 6.45) is 0.491. The summed E-state index contributed by atoms with van der Waals surface area (Å²) in [5, 5.41) is 21.2. The van der Waals surface area contributed by atoms with E-state index in [2.05, 4.69) is 13.2 Å². The van der Waals surface area contributed by atoms with Crippen molar-refractivity contribution in [2.45, 2.75) is 31.0 Å². The lowest BCUT2D eigenvalue weighted by Gasteiger charge is -2.30. The smallest absolute Gasteiger partial charge is 0.114 e. The summed E-state index contributed by atoms with van der Waals surface area (Å²) in [6, 6.07) is 9.98. The minimum atomic E-state index is -0.763. The number of aliphatic hydroxyl groups is 2. The van der Waals surface area contributed by atoms with Crippen LogP contribution < -0.4 is 0 Å². The molecule has 0 bridgehead atoms. The molecule has 1 aromatic rings. The van der Waals surface area contributed by atoms with Gasteiger partial charge in [0.1, 0.15) is 12.2 Å². The minimum absolute atomic E-state index is 0.293. The Hall–Kier alpha value is -1.50. The van der Waals surface area contributed by atoms with Gasteiger partial charge in [0.05, 0.1) is 25.4 Å². The van der Waals surface area contributed by atoms with Crippen LogP contribution in [0.4, 0.5) is 0 Å². The number of ether oxygens (including phenoxy) is 2. The van der Waals surface area contributed by atoms with Crippen molar-refractivity contribution < 1.29 is 19.7 Å². The molecule has 5 heteroatoms. The second kappa shape index (κ2) is 9.71. The molecule has 0 aromatic heterocycles. The van der Waals surface area contributed by atoms with Crippen LogP contribution in [0.25, 0.3) is 0 Å². The first-order chi connectivity index (χ1) is 11.7. The van der Waals surface area contributed by atoms with E-state index in [9.17, 15) is 10.2 Å². The number of β-amino-alcohol motifs (C(OH)–C–C–N with tert-alkyl or cyclic N) is 2. The van der Waals surface area contributed by atoms with Crippen LogP contribution in [0.5, 0.6) is 0 Å². The van der Waals surface area contributed by atoms with E-state index in [0.717, 1.165) is 5.56 Å². The Bertz CT molecular complexity index is 481. The fourth-order valence-electron chi connectivity index (χ4n) is 2.99. The van der Waals surface area contributed by atoms with E-state index in [1.165, 1.54) is 0 Å². The topological polar surface area (TPSA) is 62.2 Å². The molecule has 0 amide bonds. The number of benzene rings is 1. The summed E-state index contributed by atoms with van der Waals surface area (Å²) in [7, 11) is 0. The quantitative estimate of drug-likeness (QED) is 0.704. The van der Waals surface area contributed by atoms with E-state index in [1.54, 1.807) is 12.2 Å².